The molecule has 8 heteroatoms. The summed E-state index contributed by atoms with van der Waals surface area (Å²) in [7, 11) is 0. The van der Waals surface area contributed by atoms with E-state index in [9.17, 15) is 9.59 Å². The zero-order valence-corrected chi connectivity index (χ0v) is 25.4. The first-order valence-electron chi connectivity index (χ1n) is 14.3. The number of nitrogens with one attached hydrogen (secondary N) is 1. The van der Waals surface area contributed by atoms with E-state index >= 15 is 0 Å². The summed E-state index contributed by atoms with van der Waals surface area (Å²) in [5.74, 6) is 1.63. The Hall–Kier alpha value is -2.93. The number of benzene rings is 2. The van der Waals surface area contributed by atoms with E-state index in [1.807, 2.05) is 19.9 Å². The van der Waals surface area contributed by atoms with Crippen molar-refractivity contribution in [3.63, 3.8) is 0 Å². The molecule has 5 nitrogen and oxygen atoms in total. The first kappa shape index (κ1) is 26.9. The lowest BCUT2D eigenvalue weighted by atomic mass is 9.48. The fourth-order valence-corrected chi connectivity index (χ4v) is 9.11. The third-order valence-corrected chi connectivity index (χ3v) is 10.9. The minimum Gasteiger partial charge on any atom is -0.318 e. The second-order valence-electron chi connectivity index (χ2n) is 12.4. The van der Waals surface area contributed by atoms with Crippen molar-refractivity contribution < 1.29 is 9.59 Å². The second kappa shape index (κ2) is 9.82. The van der Waals surface area contributed by atoms with Crippen molar-refractivity contribution in [2.45, 2.75) is 57.8 Å². The average molecular weight is 605 g/mol. The topological polar surface area (TPSA) is 54.3 Å². The Morgan fingerprint density at radius 1 is 0.951 bits per heavy atom. The number of halogens is 2. The van der Waals surface area contributed by atoms with Gasteiger partial charge in [-0.25, -0.2) is 0 Å². The van der Waals surface area contributed by atoms with Gasteiger partial charge in [0.1, 0.15) is 5.57 Å². The zero-order valence-electron chi connectivity index (χ0n) is 23.0. The number of thiocarbonyl (C=S) groups is 1. The number of carbonyl (C=O) groups excluding carboxylic acids is 2. The smallest absolute Gasteiger partial charge is 0.270 e. The molecule has 1 aromatic heterocycles. The van der Waals surface area contributed by atoms with Crippen LogP contribution in [-0.2, 0) is 15.0 Å². The van der Waals surface area contributed by atoms with Gasteiger partial charge in [-0.1, -0.05) is 41.4 Å². The Morgan fingerprint density at radius 3 is 2.22 bits per heavy atom. The van der Waals surface area contributed by atoms with E-state index in [4.69, 9.17) is 35.4 Å². The largest absolute Gasteiger partial charge is 0.318 e. The van der Waals surface area contributed by atoms with Gasteiger partial charge in [-0.2, -0.15) is 0 Å². The van der Waals surface area contributed by atoms with Crippen LogP contribution < -0.4 is 10.2 Å². The van der Waals surface area contributed by atoms with Crippen molar-refractivity contribution in [1.29, 1.82) is 0 Å². The molecule has 3 aromatic rings. The molecule has 4 bridgehead atoms. The third-order valence-electron chi connectivity index (χ3n) is 9.82. The second-order valence-corrected chi connectivity index (χ2v) is 13.6. The van der Waals surface area contributed by atoms with Gasteiger partial charge in [-0.15, -0.1) is 0 Å². The molecule has 8 rings (SSSR count). The quantitative estimate of drug-likeness (QED) is 0.189. The summed E-state index contributed by atoms with van der Waals surface area (Å²) in [6.07, 6.45) is 9.97. The van der Waals surface area contributed by atoms with Crippen molar-refractivity contribution in [2.24, 2.45) is 17.8 Å². The molecule has 0 atom stereocenters. The average Bonchev–Trinajstić information content (AvgIpc) is 3.20. The predicted octanol–water partition coefficient (Wildman–Crippen LogP) is 7.70. The van der Waals surface area contributed by atoms with Crippen LogP contribution in [0.5, 0.6) is 0 Å². The highest BCUT2D eigenvalue weighted by Crippen LogP contribution is 2.60. The third kappa shape index (κ3) is 4.38. The van der Waals surface area contributed by atoms with Gasteiger partial charge < -0.3 is 4.57 Å². The van der Waals surface area contributed by atoms with Gasteiger partial charge in [-0.05, 0) is 135 Å². The number of rotatable bonds is 4. The summed E-state index contributed by atoms with van der Waals surface area (Å²) in [5.41, 5.74) is 5.98. The molecular weight excluding hydrogens is 573 g/mol. The van der Waals surface area contributed by atoms with E-state index in [1.165, 1.54) is 49.0 Å². The van der Waals surface area contributed by atoms with Crippen molar-refractivity contribution >= 4 is 64.1 Å². The molecule has 1 aliphatic heterocycles. The molecule has 2 amide bonds. The Balaban J connectivity index is 1.20. The van der Waals surface area contributed by atoms with Gasteiger partial charge in [0, 0.05) is 17.1 Å². The van der Waals surface area contributed by atoms with Gasteiger partial charge in [-0.3, -0.25) is 19.8 Å². The molecule has 2 aromatic carbocycles. The summed E-state index contributed by atoms with van der Waals surface area (Å²) >= 11 is 17.9. The highest BCUT2D eigenvalue weighted by Gasteiger charge is 2.51. The van der Waals surface area contributed by atoms with Crippen molar-refractivity contribution in [3.8, 4) is 5.69 Å². The molecule has 1 saturated heterocycles. The Labute approximate surface area is 255 Å². The lowest BCUT2D eigenvalue weighted by Gasteiger charge is -2.57. The molecular formula is C33H31Cl2N3O2S. The van der Waals surface area contributed by atoms with Crippen LogP contribution in [0.3, 0.4) is 0 Å². The molecule has 1 N–H and O–H groups in total. The van der Waals surface area contributed by atoms with Gasteiger partial charge in [0.2, 0.25) is 0 Å². The molecule has 2 heterocycles. The standard InChI is InChI=1S/C33H31Cl2N3O2S/c1-18-10-23(14-26-30(39)36-32(41)38(31(26)40)28-5-3-4-27(34)29(28)35)19(2)37(18)25-8-6-24(7-9-25)33-15-20-11-21(16-33)13-22(12-20)17-33/h3-10,14,20-22H,11-13,15-17H2,1-2H3,(H,36,39,41)/b26-14+. The summed E-state index contributed by atoms with van der Waals surface area (Å²) in [4.78, 5) is 27.8. The minimum absolute atomic E-state index is 0.0212. The molecule has 4 saturated carbocycles. The predicted molar refractivity (Wildman–Crippen MR) is 168 cm³/mol. The van der Waals surface area contributed by atoms with E-state index in [0.717, 1.165) is 40.4 Å². The normalized spacial score (nSPS) is 28.1. The maximum Gasteiger partial charge on any atom is 0.270 e. The Kier molecular flexibility index (Phi) is 6.45. The van der Waals surface area contributed by atoms with Gasteiger partial charge in [0.05, 0.1) is 15.7 Å². The van der Waals surface area contributed by atoms with Crippen LogP contribution in [0.1, 0.15) is 61.0 Å². The van der Waals surface area contributed by atoms with Crippen LogP contribution in [0.4, 0.5) is 5.69 Å². The number of carbonyl (C=O) groups is 2. The molecule has 41 heavy (non-hydrogen) atoms. The Bertz CT molecular complexity index is 1620. The van der Waals surface area contributed by atoms with Crippen molar-refractivity contribution in [3.05, 3.63) is 86.7 Å². The molecule has 5 aliphatic rings. The fraction of sp³-hybridized carbons (Fsp3) is 0.364. The van der Waals surface area contributed by atoms with E-state index in [1.54, 1.807) is 24.3 Å². The van der Waals surface area contributed by atoms with E-state index < -0.39 is 11.8 Å². The molecule has 4 aliphatic carbocycles. The highest BCUT2D eigenvalue weighted by atomic mass is 35.5. The van der Waals surface area contributed by atoms with Crippen LogP contribution in [0.25, 0.3) is 11.8 Å². The summed E-state index contributed by atoms with van der Waals surface area (Å²) in [6, 6.07) is 16.1. The zero-order chi connectivity index (χ0) is 28.6. The molecule has 5 fully saturated rings. The number of hydrogen-bond acceptors (Lipinski definition) is 3. The van der Waals surface area contributed by atoms with Gasteiger partial charge in [0.25, 0.3) is 11.8 Å². The minimum atomic E-state index is -0.548. The number of anilines is 1. The number of hydrogen-bond donors (Lipinski definition) is 1. The van der Waals surface area contributed by atoms with E-state index in [0.29, 0.717) is 16.1 Å². The number of nitrogens with zero attached hydrogens (tertiary/aromatic N) is 2. The van der Waals surface area contributed by atoms with Crippen LogP contribution in [0.2, 0.25) is 10.0 Å². The van der Waals surface area contributed by atoms with Crippen LogP contribution in [0, 0.1) is 31.6 Å². The molecule has 0 radical (unpaired) electrons. The molecule has 0 unspecified atom stereocenters. The first-order valence-corrected chi connectivity index (χ1v) is 15.5. The maximum atomic E-state index is 13.6. The lowest BCUT2D eigenvalue weighted by Crippen LogP contribution is -2.54. The number of aromatic nitrogens is 1. The Morgan fingerprint density at radius 2 is 1.59 bits per heavy atom. The summed E-state index contributed by atoms with van der Waals surface area (Å²) in [5, 5.41) is 3.07. The maximum absolute atomic E-state index is 13.6. The molecule has 210 valence electrons. The molecule has 0 spiro atoms. The van der Waals surface area contributed by atoms with E-state index in [2.05, 4.69) is 34.1 Å². The summed E-state index contributed by atoms with van der Waals surface area (Å²) < 4.78 is 2.18. The summed E-state index contributed by atoms with van der Waals surface area (Å²) in [6.45, 7) is 4.05. The van der Waals surface area contributed by atoms with E-state index in [-0.39, 0.29) is 15.7 Å². The fourth-order valence-electron chi connectivity index (χ4n) is 8.46. The number of amides is 2. The number of aryl methyl sites for hydroxylation is 1. The first-order chi connectivity index (χ1) is 19.6. The monoisotopic (exact) mass is 603 g/mol. The van der Waals surface area contributed by atoms with Crippen molar-refractivity contribution in [2.75, 3.05) is 4.90 Å². The van der Waals surface area contributed by atoms with Crippen LogP contribution in [-0.4, -0.2) is 21.5 Å². The van der Waals surface area contributed by atoms with Gasteiger partial charge >= 0.3 is 0 Å². The SMILES string of the molecule is Cc1cc(/C=C2\C(=O)NC(=S)N(c3cccc(Cl)c3Cl)C2=O)c(C)n1-c1ccc(C23CC4CC(CC(C4)C2)C3)cc1. The van der Waals surface area contributed by atoms with Crippen molar-refractivity contribution in [1.82, 2.24) is 9.88 Å². The van der Waals surface area contributed by atoms with Crippen LogP contribution >= 0.6 is 35.4 Å². The highest BCUT2D eigenvalue weighted by molar-refractivity contribution is 7.80. The van der Waals surface area contributed by atoms with Crippen LogP contribution in [0.15, 0.2) is 54.1 Å². The van der Waals surface area contributed by atoms with Gasteiger partial charge in [0.15, 0.2) is 5.11 Å². The lowest BCUT2D eigenvalue weighted by molar-refractivity contribution is -0.122.